The number of rotatable bonds is 1. The van der Waals surface area contributed by atoms with Crippen LogP contribution in [-0.2, 0) is 7.05 Å². The molecule has 0 aliphatic heterocycles. The molecule has 0 spiro atoms. The van der Waals surface area contributed by atoms with Crippen molar-refractivity contribution in [1.29, 1.82) is 0 Å². The molecule has 17 heavy (non-hydrogen) atoms. The van der Waals surface area contributed by atoms with Crippen molar-refractivity contribution in [3.05, 3.63) is 54.5 Å². The van der Waals surface area contributed by atoms with Gasteiger partial charge >= 0.3 is 0 Å². The lowest BCUT2D eigenvalue weighted by Gasteiger charge is -2.04. The summed E-state index contributed by atoms with van der Waals surface area (Å²) in [4.78, 5) is 4.23. The minimum atomic E-state index is 1.05. The number of benzene rings is 1. The molecule has 0 atom stereocenters. The molecule has 0 aliphatic rings. The molecule has 3 aromatic rings. The first kappa shape index (κ1) is 10.1. The molecule has 0 unspecified atom stereocenters. The largest absolute Gasteiger partial charge is 0.351 e. The van der Waals surface area contributed by atoms with Gasteiger partial charge in [-0.1, -0.05) is 12.1 Å². The Hall–Kier alpha value is -2.09. The third-order valence-electron chi connectivity index (χ3n) is 3.12. The smallest absolute Gasteiger partial charge is 0.0483 e. The lowest BCUT2D eigenvalue weighted by atomic mass is 10.0. The zero-order valence-corrected chi connectivity index (χ0v) is 10.0. The summed E-state index contributed by atoms with van der Waals surface area (Å²) in [5.74, 6) is 0. The summed E-state index contributed by atoms with van der Waals surface area (Å²) in [5.41, 5.74) is 4.77. The van der Waals surface area contributed by atoms with Gasteiger partial charge in [-0.2, -0.15) is 0 Å². The van der Waals surface area contributed by atoms with Gasteiger partial charge in [0.15, 0.2) is 0 Å². The highest BCUT2D eigenvalue weighted by Crippen LogP contribution is 2.24. The summed E-state index contributed by atoms with van der Waals surface area (Å²) < 4.78 is 2.15. The van der Waals surface area contributed by atoms with Gasteiger partial charge in [0.1, 0.15) is 0 Å². The van der Waals surface area contributed by atoms with Gasteiger partial charge in [-0.05, 0) is 47.7 Å². The highest BCUT2D eigenvalue weighted by atomic mass is 14.9. The Balaban J connectivity index is 2.20. The molecule has 2 aromatic heterocycles. The number of nitrogens with zero attached hydrogens (tertiary/aromatic N) is 2. The van der Waals surface area contributed by atoms with E-state index in [4.69, 9.17) is 0 Å². The van der Waals surface area contributed by atoms with Crippen LogP contribution in [0.3, 0.4) is 0 Å². The van der Waals surface area contributed by atoms with Crippen molar-refractivity contribution in [2.75, 3.05) is 0 Å². The number of hydrogen-bond acceptors (Lipinski definition) is 1. The van der Waals surface area contributed by atoms with Crippen LogP contribution in [0.4, 0.5) is 0 Å². The maximum atomic E-state index is 4.23. The van der Waals surface area contributed by atoms with Crippen LogP contribution < -0.4 is 0 Å². The van der Waals surface area contributed by atoms with Gasteiger partial charge in [-0.25, -0.2) is 0 Å². The number of pyridine rings is 1. The topological polar surface area (TPSA) is 17.8 Å². The maximum absolute atomic E-state index is 4.23. The van der Waals surface area contributed by atoms with E-state index in [0.29, 0.717) is 0 Å². The molecule has 2 nitrogen and oxygen atoms in total. The van der Waals surface area contributed by atoms with E-state index in [1.807, 2.05) is 13.1 Å². The molecule has 2 heterocycles. The molecule has 3 rings (SSSR count). The van der Waals surface area contributed by atoms with Gasteiger partial charge in [0.25, 0.3) is 0 Å². The standard InChI is InChI=1S/C15H14N2/c1-11-9-14(5-7-16-11)13-4-3-12-6-8-17(2)15(12)10-13/h3-10H,1-2H3. The Kier molecular flexibility index (Phi) is 2.22. The zero-order valence-electron chi connectivity index (χ0n) is 10.0. The Morgan fingerprint density at radius 3 is 2.65 bits per heavy atom. The molecule has 0 fully saturated rings. The van der Waals surface area contributed by atoms with Crippen LogP contribution in [0.25, 0.3) is 22.0 Å². The van der Waals surface area contributed by atoms with Crippen LogP contribution in [0.2, 0.25) is 0 Å². The molecule has 0 saturated heterocycles. The van der Waals surface area contributed by atoms with E-state index < -0.39 is 0 Å². The monoisotopic (exact) mass is 222 g/mol. The first-order valence-corrected chi connectivity index (χ1v) is 5.72. The van der Waals surface area contributed by atoms with Gasteiger partial charge in [0.2, 0.25) is 0 Å². The Labute approximate surface area is 101 Å². The van der Waals surface area contributed by atoms with Crippen LogP contribution in [0.15, 0.2) is 48.8 Å². The lowest BCUT2D eigenvalue weighted by Crippen LogP contribution is -1.86. The lowest BCUT2D eigenvalue weighted by molar-refractivity contribution is 0.969. The van der Waals surface area contributed by atoms with E-state index >= 15 is 0 Å². The number of hydrogen-bond donors (Lipinski definition) is 0. The van der Waals surface area contributed by atoms with E-state index in [0.717, 1.165) is 5.69 Å². The van der Waals surface area contributed by atoms with Gasteiger partial charge in [-0.15, -0.1) is 0 Å². The van der Waals surface area contributed by atoms with Crippen molar-refractivity contribution in [2.24, 2.45) is 7.05 Å². The number of aromatic nitrogens is 2. The summed E-state index contributed by atoms with van der Waals surface area (Å²) in [6.07, 6.45) is 3.95. The Morgan fingerprint density at radius 1 is 1.00 bits per heavy atom. The van der Waals surface area contributed by atoms with Crippen molar-refractivity contribution in [3.8, 4) is 11.1 Å². The second-order valence-electron chi connectivity index (χ2n) is 4.39. The normalized spacial score (nSPS) is 10.9. The average Bonchev–Trinajstić information content (AvgIpc) is 2.71. The summed E-state index contributed by atoms with van der Waals surface area (Å²) in [7, 11) is 2.07. The highest BCUT2D eigenvalue weighted by Gasteiger charge is 2.02. The van der Waals surface area contributed by atoms with Crippen molar-refractivity contribution in [2.45, 2.75) is 6.92 Å². The molecule has 0 saturated carbocycles. The number of aryl methyl sites for hydroxylation is 2. The Bertz CT molecular complexity index is 680. The first-order chi connectivity index (χ1) is 8.24. The van der Waals surface area contributed by atoms with Gasteiger partial charge in [0.05, 0.1) is 0 Å². The minimum absolute atomic E-state index is 1.05. The SMILES string of the molecule is Cc1cc(-c2ccc3ccn(C)c3c2)ccn1. The van der Waals surface area contributed by atoms with Crippen LogP contribution in [0, 0.1) is 6.92 Å². The van der Waals surface area contributed by atoms with E-state index in [1.54, 1.807) is 0 Å². The van der Waals surface area contributed by atoms with Crippen molar-refractivity contribution in [1.82, 2.24) is 9.55 Å². The summed E-state index contributed by atoms with van der Waals surface area (Å²) in [6, 6.07) is 12.9. The maximum Gasteiger partial charge on any atom is 0.0483 e. The van der Waals surface area contributed by atoms with E-state index in [1.165, 1.54) is 22.0 Å². The second-order valence-corrected chi connectivity index (χ2v) is 4.39. The molecule has 0 bridgehead atoms. The van der Waals surface area contributed by atoms with Crippen LogP contribution in [-0.4, -0.2) is 9.55 Å². The third kappa shape index (κ3) is 1.72. The molecule has 0 amide bonds. The zero-order chi connectivity index (χ0) is 11.8. The molecular weight excluding hydrogens is 208 g/mol. The van der Waals surface area contributed by atoms with Crippen molar-refractivity contribution in [3.63, 3.8) is 0 Å². The van der Waals surface area contributed by atoms with E-state index in [9.17, 15) is 0 Å². The number of fused-ring (bicyclic) bond motifs is 1. The average molecular weight is 222 g/mol. The van der Waals surface area contributed by atoms with E-state index in [2.05, 4.69) is 59.2 Å². The molecule has 84 valence electrons. The summed E-state index contributed by atoms with van der Waals surface area (Å²) in [5, 5.41) is 1.28. The molecular formula is C15H14N2. The van der Waals surface area contributed by atoms with Gasteiger partial charge < -0.3 is 4.57 Å². The fraction of sp³-hybridized carbons (Fsp3) is 0.133. The first-order valence-electron chi connectivity index (χ1n) is 5.72. The molecule has 1 aromatic carbocycles. The summed E-state index contributed by atoms with van der Waals surface area (Å²) >= 11 is 0. The quantitative estimate of drug-likeness (QED) is 0.615. The van der Waals surface area contributed by atoms with Crippen molar-refractivity contribution < 1.29 is 0 Å². The van der Waals surface area contributed by atoms with Crippen LogP contribution in [0.1, 0.15) is 5.69 Å². The van der Waals surface area contributed by atoms with Crippen LogP contribution >= 0.6 is 0 Å². The minimum Gasteiger partial charge on any atom is -0.351 e. The molecule has 2 heteroatoms. The predicted octanol–water partition coefficient (Wildman–Crippen LogP) is 3.55. The molecule has 0 N–H and O–H groups in total. The summed E-state index contributed by atoms with van der Waals surface area (Å²) in [6.45, 7) is 2.02. The molecule has 0 radical (unpaired) electrons. The van der Waals surface area contributed by atoms with Gasteiger partial charge in [-0.3, -0.25) is 4.98 Å². The fourth-order valence-corrected chi connectivity index (χ4v) is 2.17. The van der Waals surface area contributed by atoms with Crippen LogP contribution in [0.5, 0.6) is 0 Å². The Morgan fingerprint density at radius 2 is 1.82 bits per heavy atom. The van der Waals surface area contributed by atoms with Gasteiger partial charge in [0, 0.05) is 30.7 Å². The van der Waals surface area contributed by atoms with E-state index in [-0.39, 0.29) is 0 Å². The highest BCUT2D eigenvalue weighted by molar-refractivity contribution is 5.85. The second kappa shape index (κ2) is 3.74. The third-order valence-corrected chi connectivity index (χ3v) is 3.12. The fourth-order valence-electron chi connectivity index (χ4n) is 2.17. The van der Waals surface area contributed by atoms with Crippen molar-refractivity contribution >= 4 is 10.9 Å². The predicted molar refractivity (Wildman–Crippen MR) is 70.9 cm³/mol. The molecule has 0 aliphatic carbocycles.